The van der Waals surface area contributed by atoms with Gasteiger partial charge in [0.25, 0.3) is 0 Å². The Hall–Kier alpha value is -1.35. The lowest BCUT2D eigenvalue weighted by atomic mass is 9.95. The van der Waals surface area contributed by atoms with Crippen molar-refractivity contribution in [3.05, 3.63) is 35.9 Å². The first kappa shape index (κ1) is 12.7. The zero-order valence-electron chi connectivity index (χ0n) is 9.56. The van der Waals surface area contributed by atoms with Crippen LogP contribution in [0.5, 0.6) is 0 Å². The lowest BCUT2D eigenvalue weighted by molar-refractivity contribution is -0.139. The highest BCUT2D eigenvalue weighted by atomic mass is 16.5. The van der Waals surface area contributed by atoms with E-state index in [2.05, 4.69) is 0 Å². The van der Waals surface area contributed by atoms with Crippen molar-refractivity contribution in [1.29, 1.82) is 0 Å². The van der Waals surface area contributed by atoms with Gasteiger partial charge in [-0.05, 0) is 25.3 Å². The van der Waals surface area contributed by atoms with Crippen molar-refractivity contribution in [2.45, 2.75) is 25.7 Å². The van der Waals surface area contributed by atoms with Gasteiger partial charge in [0, 0.05) is 13.2 Å². The van der Waals surface area contributed by atoms with Gasteiger partial charge in [0.15, 0.2) is 0 Å². The molecule has 0 aliphatic rings. The molecule has 0 aromatic heterocycles. The molecule has 0 radical (unpaired) electrons. The Morgan fingerprint density at radius 3 is 2.62 bits per heavy atom. The molecule has 0 aliphatic carbocycles. The van der Waals surface area contributed by atoms with Crippen molar-refractivity contribution in [2.75, 3.05) is 13.2 Å². The second-order valence-electron chi connectivity index (χ2n) is 3.64. The summed E-state index contributed by atoms with van der Waals surface area (Å²) in [6.45, 7) is 3.25. The van der Waals surface area contributed by atoms with Gasteiger partial charge in [-0.2, -0.15) is 0 Å². The minimum absolute atomic E-state index is 0.415. The average molecular weight is 222 g/mol. The van der Waals surface area contributed by atoms with Crippen molar-refractivity contribution < 1.29 is 14.6 Å². The molecule has 0 amide bonds. The van der Waals surface area contributed by atoms with Crippen LogP contribution in [0.1, 0.15) is 31.2 Å². The first-order valence-electron chi connectivity index (χ1n) is 5.61. The number of carboxylic acids is 1. The molecule has 1 atom stereocenters. The standard InChI is InChI=1S/C13H18O3/c1-2-16-10-6-9-12(13(14)15)11-7-4-3-5-8-11/h3-5,7-8,12H,2,6,9-10H2,1H3,(H,14,15). The van der Waals surface area contributed by atoms with Crippen molar-refractivity contribution >= 4 is 5.97 Å². The number of hydrogen-bond donors (Lipinski definition) is 1. The van der Waals surface area contributed by atoms with Crippen molar-refractivity contribution in [3.63, 3.8) is 0 Å². The summed E-state index contributed by atoms with van der Waals surface area (Å²) in [5.74, 6) is -1.18. The molecule has 3 heteroatoms. The number of carboxylic acid groups (broad SMARTS) is 1. The molecular formula is C13H18O3. The van der Waals surface area contributed by atoms with Gasteiger partial charge in [-0.25, -0.2) is 0 Å². The Morgan fingerprint density at radius 1 is 1.38 bits per heavy atom. The largest absolute Gasteiger partial charge is 0.481 e. The Balaban J connectivity index is 2.52. The zero-order valence-corrected chi connectivity index (χ0v) is 9.56. The highest BCUT2D eigenvalue weighted by molar-refractivity contribution is 5.75. The number of rotatable bonds is 7. The summed E-state index contributed by atoms with van der Waals surface area (Å²) >= 11 is 0. The second-order valence-corrected chi connectivity index (χ2v) is 3.64. The number of ether oxygens (including phenoxy) is 1. The first-order valence-corrected chi connectivity index (χ1v) is 5.61. The van der Waals surface area contributed by atoms with Crippen LogP contribution < -0.4 is 0 Å². The van der Waals surface area contributed by atoms with Crippen molar-refractivity contribution in [2.24, 2.45) is 0 Å². The molecule has 0 heterocycles. The smallest absolute Gasteiger partial charge is 0.310 e. The fourth-order valence-corrected chi connectivity index (χ4v) is 1.65. The number of aliphatic carboxylic acids is 1. The summed E-state index contributed by atoms with van der Waals surface area (Å²) in [7, 11) is 0. The van der Waals surface area contributed by atoms with Crippen LogP contribution in [0.3, 0.4) is 0 Å². The minimum atomic E-state index is -0.761. The Kier molecular flexibility index (Phi) is 5.57. The molecule has 0 saturated carbocycles. The Morgan fingerprint density at radius 2 is 2.06 bits per heavy atom. The second kappa shape index (κ2) is 7.01. The van der Waals surface area contributed by atoms with Crippen LogP contribution in [0, 0.1) is 0 Å². The molecule has 16 heavy (non-hydrogen) atoms. The van der Waals surface area contributed by atoms with E-state index in [1.807, 2.05) is 37.3 Å². The molecule has 0 fully saturated rings. The van der Waals surface area contributed by atoms with Crippen LogP contribution in [0.25, 0.3) is 0 Å². The van der Waals surface area contributed by atoms with Gasteiger partial charge in [-0.15, -0.1) is 0 Å². The Labute approximate surface area is 96.1 Å². The summed E-state index contributed by atoms with van der Waals surface area (Å²) < 4.78 is 5.21. The molecule has 0 aliphatic heterocycles. The summed E-state index contributed by atoms with van der Waals surface area (Å²) in [4.78, 5) is 11.1. The normalized spacial score (nSPS) is 12.3. The van der Waals surface area contributed by atoms with Crippen LogP contribution in [0.4, 0.5) is 0 Å². The third-order valence-electron chi connectivity index (χ3n) is 2.49. The molecule has 1 aromatic carbocycles. The van der Waals surface area contributed by atoms with Gasteiger partial charge in [-0.3, -0.25) is 4.79 Å². The highest BCUT2D eigenvalue weighted by Crippen LogP contribution is 2.21. The number of carbonyl (C=O) groups is 1. The van der Waals surface area contributed by atoms with E-state index >= 15 is 0 Å². The van der Waals surface area contributed by atoms with E-state index in [-0.39, 0.29) is 0 Å². The molecule has 1 aromatic rings. The van der Waals surface area contributed by atoms with Gasteiger partial charge < -0.3 is 9.84 Å². The van der Waals surface area contributed by atoms with Gasteiger partial charge in [-0.1, -0.05) is 30.3 Å². The maximum atomic E-state index is 11.1. The Bertz CT molecular complexity index is 308. The summed E-state index contributed by atoms with van der Waals surface area (Å²) in [5.41, 5.74) is 0.867. The molecular weight excluding hydrogens is 204 g/mol. The maximum Gasteiger partial charge on any atom is 0.310 e. The van der Waals surface area contributed by atoms with Crippen LogP contribution in [-0.2, 0) is 9.53 Å². The predicted octanol–water partition coefficient (Wildman–Crippen LogP) is 2.67. The van der Waals surface area contributed by atoms with E-state index in [0.717, 1.165) is 12.0 Å². The van der Waals surface area contributed by atoms with E-state index in [1.54, 1.807) is 0 Å². The van der Waals surface area contributed by atoms with E-state index < -0.39 is 11.9 Å². The fraction of sp³-hybridized carbons (Fsp3) is 0.462. The molecule has 88 valence electrons. The molecule has 1 rings (SSSR count). The maximum absolute atomic E-state index is 11.1. The summed E-state index contributed by atoms with van der Waals surface area (Å²) in [6.07, 6.45) is 1.40. The molecule has 3 nitrogen and oxygen atoms in total. The van der Waals surface area contributed by atoms with Crippen LogP contribution in [0.15, 0.2) is 30.3 Å². The quantitative estimate of drug-likeness (QED) is 0.721. The molecule has 1 unspecified atom stereocenters. The van der Waals surface area contributed by atoms with Crippen molar-refractivity contribution in [3.8, 4) is 0 Å². The van der Waals surface area contributed by atoms with Gasteiger partial charge in [0.2, 0.25) is 0 Å². The zero-order chi connectivity index (χ0) is 11.8. The first-order chi connectivity index (χ1) is 7.75. The molecule has 1 N–H and O–H groups in total. The number of benzene rings is 1. The minimum Gasteiger partial charge on any atom is -0.481 e. The van der Waals surface area contributed by atoms with Crippen molar-refractivity contribution in [1.82, 2.24) is 0 Å². The third kappa shape index (κ3) is 4.03. The topological polar surface area (TPSA) is 46.5 Å². The lowest BCUT2D eigenvalue weighted by Crippen LogP contribution is -2.12. The fourth-order valence-electron chi connectivity index (χ4n) is 1.65. The van der Waals surface area contributed by atoms with E-state index in [4.69, 9.17) is 9.84 Å². The SMILES string of the molecule is CCOCCCC(C(=O)O)c1ccccc1. The molecule has 0 bridgehead atoms. The van der Waals surface area contributed by atoms with Crippen LogP contribution in [0.2, 0.25) is 0 Å². The number of hydrogen-bond acceptors (Lipinski definition) is 2. The van der Waals surface area contributed by atoms with Crippen LogP contribution >= 0.6 is 0 Å². The van der Waals surface area contributed by atoms with E-state index in [1.165, 1.54) is 0 Å². The van der Waals surface area contributed by atoms with E-state index in [9.17, 15) is 4.79 Å². The summed E-state index contributed by atoms with van der Waals surface area (Å²) in [5, 5.41) is 9.14. The third-order valence-corrected chi connectivity index (χ3v) is 2.49. The lowest BCUT2D eigenvalue weighted by Gasteiger charge is -2.12. The van der Waals surface area contributed by atoms with Crippen LogP contribution in [-0.4, -0.2) is 24.3 Å². The molecule has 0 saturated heterocycles. The van der Waals surface area contributed by atoms with Gasteiger partial charge in [0.05, 0.1) is 5.92 Å². The predicted molar refractivity (Wildman–Crippen MR) is 62.5 cm³/mol. The highest BCUT2D eigenvalue weighted by Gasteiger charge is 2.18. The van der Waals surface area contributed by atoms with E-state index in [0.29, 0.717) is 19.6 Å². The van der Waals surface area contributed by atoms with Gasteiger partial charge in [0.1, 0.15) is 0 Å². The monoisotopic (exact) mass is 222 g/mol. The molecule has 0 spiro atoms. The average Bonchev–Trinajstić information content (AvgIpc) is 2.30. The summed E-state index contributed by atoms with van der Waals surface area (Å²) in [6, 6.07) is 9.35. The van der Waals surface area contributed by atoms with Gasteiger partial charge >= 0.3 is 5.97 Å².